The molecular formula is C10H14ClFN2. The molecular weight excluding hydrogens is 203 g/mol. The number of hydrogen-bond acceptors (Lipinski definition) is 2. The maximum absolute atomic E-state index is 12.3. The normalized spacial score (nSPS) is 10.0. The molecule has 1 N–H and O–H groups in total. The highest BCUT2D eigenvalue weighted by Crippen LogP contribution is 2.32. The first-order valence-electron chi connectivity index (χ1n) is 4.64. The summed E-state index contributed by atoms with van der Waals surface area (Å²) in [6, 6.07) is 5.27. The molecule has 0 unspecified atom stereocenters. The molecule has 0 aromatic heterocycles. The average Bonchev–Trinajstić information content (AvgIpc) is 2.22. The average molecular weight is 217 g/mol. The lowest BCUT2D eigenvalue weighted by Gasteiger charge is -2.22. The summed E-state index contributed by atoms with van der Waals surface area (Å²) < 4.78 is 12.3. The number of hydrogen-bond donors (Lipinski definition) is 1. The van der Waals surface area contributed by atoms with E-state index in [2.05, 4.69) is 4.90 Å². The van der Waals surface area contributed by atoms with Crippen LogP contribution in [-0.2, 0) is 0 Å². The van der Waals surface area contributed by atoms with Crippen LogP contribution in [0.4, 0.5) is 15.9 Å². The van der Waals surface area contributed by atoms with Crippen LogP contribution in [0.25, 0.3) is 0 Å². The maximum atomic E-state index is 12.3. The van der Waals surface area contributed by atoms with Crippen LogP contribution in [0.15, 0.2) is 18.2 Å². The lowest BCUT2D eigenvalue weighted by molar-refractivity contribution is 0.617. The third kappa shape index (κ3) is 2.10. The zero-order chi connectivity index (χ0) is 10.6. The third-order valence-electron chi connectivity index (χ3n) is 2.18. The molecule has 2 nitrogen and oxygen atoms in total. The first-order valence-corrected chi connectivity index (χ1v) is 5.02. The second-order valence-electron chi connectivity index (χ2n) is 2.91. The fraction of sp³-hybridized carbons (Fsp3) is 0.400. The largest absolute Gasteiger partial charge is 0.371 e. The van der Waals surface area contributed by atoms with Gasteiger partial charge in [-0.15, -0.1) is 4.48 Å². The SMILES string of the molecule is CCN(CC)c1cccc(NF)c1Cl. The van der Waals surface area contributed by atoms with E-state index in [0.717, 1.165) is 18.8 Å². The van der Waals surface area contributed by atoms with Crippen LogP contribution in [0, 0.1) is 0 Å². The van der Waals surface area contributed by atoms with E-state index in [4.69, 9.17) is 11.6 Å². The van der Waals surface area contributed by atoms with Gasteiger partial charge in [0.25, 0.3) is 0 Å². The molecule has 0 saturated heterocycles. The molecule has 0 atom stereocenters. The Hall–Kier alpha value is -0.960. The van der Waals surface area contributed by atoms with Crippen LogP contribution >= 0.6 is 11.6 Å². The van der Waals surface area contributed by atoms with Crippen LogP contribution in [0.1, 0.15) is 13.8 Å². The Bertz CT molecular complexity index is 300. The fourth-order valence-corrected chi connectivity index (χ4v) is 1.68. The first-order chi connectivity index (χ1) is 6.74. The Morgan fingerprint density at radius 3 is 2.50 bits per heavy atom. The van der Waals surface area contributed by atoms with Gasteiger partial charge in [0.15, 0.2) is 0 Å². The quantitative estimate of drug-likeness (QED) is 0.776. The van der Waals surface area contributed by atoms with Crippen molar-refractivity contribution < 1.29 is 4.48 Å². The summed E-state index contributed by atoms with van der Waals surface area (Å²) in [5.74, 6) is 0. The molecule has 0 amide bonds. The van der Waals surface area contributed by atoms with E-state index >= 15 is 0 Å². The Morgan fingerprint density at radius 1 is 1.36 bits per heavy atom. The summed E-state index contributed by atoms with van der Waals surface area (Å²) in [6.07, 6.45) is 0. The summed E-state index contributed by atoms with van der Waals surface area (Å²) in [6.45, 7) is 5.78. The number of rotatable bonds is 4. The minimum absolute atomic E-state index is 0.316. The van der Waals surface area contributed by atoms with Crippen LogP contribution < -0.4 is 10.4 Å². The van der Waals surface area contributed by atoms with Crippen molar-refractivity contribution in [3.63, 3.8) is 0 Å². The summed E-state index contributed by atoms with van der Waals surface area (Å²) in [7, 11) is 0. The van der Waals surface area contributed by atoms with Crippen LogP contribution in [0.3, 0.4) is 0 Å². The van der Waals surface area contributed by atoms with Gasteiger partial charge in [0.2, 0.25) is 0 Å². The van der Waals surface area contributed by atoms with E-state index in [1.165, 1.54) is 0 Å². The summed E-state index contributed by atoms with van der Waals surface area (Å²) in [4.78, 5) is 2.07. The van der Waals surface area contributed by atoms with Gasteiger partial charge >= 0.3 is 0 Å². The monoisotopic (exact) mass is 216 g/mol. The third-order valence-corrected chi connectivity index (χ3v) is 2.58. The molecule has 0 fully saturated rings. The molecule has 14 heavy (non-hydrogen) atoms. The fourth-order valence-electron chi connectivity index (χ4n) is 1.40. The van der Waals surface area contributed by atoms with Gasteiger partial charge in [-0.05, 0) is 26.0 Å². The minimum Gasteiger partial charge on any atom is -0.371 e. The minimum atomic E-state index is 0.316. The predicted octanol–water partition coefficient (Wildman–Crippen LogP) is 3.48. The van der Waals surface area contributed by atoms with Crippen LogP contribution in [-0.4, -0.2) is 13.1 Å². The van der Waals surface area contributed by atoms with Crippen molar-refractivity contribution in [2.45, 2.75) is 13.8 Å². The molecule has 4 heteroatoms. The Labute approximate surface area is 88.6 Å². The van der Waals surface area contributed by atoms with E-state index < -0.39 is 0 Å². The number of nitrogens with zero attached hydrogens (tertiary/aromatic N) is 1. The standard InChI is InChI=1S/C10H14ClFN2/c1-3-14(4-2)9-7-5-6-8(13-12)10(9)11/h5-7,13H,3-4H2,1-2H3. The lowest BCUT2D eigenvalue weighted by atomic mass is 10.2. The Balaban J connectivity index is 3.07. The number of anilines is 2. The van der Waals surface area contributed by atoms with E-state index in [0.29, 0.717) is 10.7 Å². The van der Waals surface area contributed by atoms with E-state index in [-0.39, 0.29) is 0 Å². The van der Waals surface area contributed by atoms with Crippen molar-refractivity contribution in [3.8, 4) is 0 Å². The van der Waals surface area contributed by atoms with Gasteiger partial charge in [0, 0.05) is 13.1 Å². The molecule has 78 valence electrons. The highest BCUT2D eigenvalue weighted by atomic mass is 35.5. The molecule has 1 aromatic rings. The van der Waals surface area contributed by atoms with Gasteiger partial charge in [-0.2, -0.15) is 0 Å². The second-order valence-corrected chi connectivity index (χ2v) is 3.28. The number of benzene rings is 1. The Kier molecular flexibility index (Phi) is 4.01. The van der Waals surface area contributed by atoms with Crippen molar-refractivity contribution >= 4 is 23.0 Å². The van der Waals surface area contributed by atoms with Crippen molar-refractivity contribution in [3.05, 3.63) is 23.2 Å². The summed E-state index contributed by atoms with van der Waals surface area (Å²) in [5.41, 5.74) is 2.76. The number of halogens is 2. The smallest absolute Gasteiger partial charge is 0.0896 e. The molecule has 0 saturated carbocycles. The van der Waals surface area contributed by atoms with E-state index in [1.807, 2.05) is 19.9 Å². The highest BCUT2D eigenvalue weighted by Gasteiger charge is 2.09. The van der Waals surface area contributed by atoms with Crippen molar-refractivity contribution in [2.75, 3.05) is 23.5 Å². The Morgan fingerprint density at radius 2 is 2.00 bits per heavy atom. The second kappa shape index (κ2) is 5.05. The topological polar surface area (TPSA) is 15.3 Å². The van der Waals surface area contributed by atoms with Gasteiger partial charge in [0.1, 0.15) is 0 Å². The lowest BCUT2D eigenvalue weighted by Crippen LogP contribution is -2.22. The van der Waals surface area contributed by atoms with E-state index in [1.54, 1.807) is 17.7 Å². The van der Waals surface area contributed by atoms with Gasteiger partial charge in [-0.3, -0.25) is 0 Å². The molecule has 1 aromatic carbocycles. The van der Waals surface area contributed by atoms with E-state index in [9.17, 15) is 4.48 Å². The van der Waals surface area contributed by atoms with Crippen molar-refractivity contribution in [1.29, 1.82) is 0 Å². The zero-order valence-electron chi connectivity index (χ0n) is 8.35. The van der Waals surface area contributed by atoms with Crippen molar-refractivity contribution in [1.82, 2.24) is 0 Å². The molecule has 0 spiro atoms. The molecule has 0 heterocycles. The van der Waals surface area contributed by atoms with Crippen LogP contribution in [0.2, 0.25) is 5.02 Å². The summed E-state index contributed by atoms with van der Waals surface area (Å²) >= 11 is 6.02. The molecule has 1 rings (SSSR count). The van der Waals surface area contributed by atoms with Gasteiger partial charge in [0.05, 0.1) is 16.4 Å². The van der Waals surface area contributed by atoms with Gasteiger partial charge < -0.3 is 4.90 Å². The zero-order valence-corrected chi connectivity index (χ0v) is 9.11. The van der Waals surface area contributed by atoms with Crippen LogP contribution in [0.5, 0.6) is 0 Å². The van der Waals surface area contributed by atoms with Crippen molar-refractivity contribution in [2.24, 2.45) is 0 Å². The molecule has 0 radical (unpaired) electrons. The molecule has 0 aliphatic heterocycles. The molecule has 0 bridgehead atoms. The first kappa shape index (κ1) is 11.1. The predicted molar refractivity (Wildman–Crippen MR) is 59.7 cm³/mol. The molecule has 0 aliphatic carbocycles. The summed E-state index contributed by atoms with van der Waals surface area (Å²) in [5, 5.41) is 0.429. The van der Waals surface area contributed by atoms with Gasteiger partial charge in [-0.25, -0.2) is 5.54 Å². The molecule has 0 aliphatic rings. The maximum Gasteiger partial charge on any atom is 0.0896 e. The number of nitrogens with one attached hydrogen (secondary N) is 1. The van der Waals surface area contributed by atoms with Gasteiger partial charge in [-0.1, -0.05) is 17.7 Å². The highest BCUT2D eigenvalue weighted by molar-refractivity contribution is 6.35.